The van der Waals surface area contributed by atoms with Crippen LogP contribution in [0.1, 0.15) is 107 Å². The first kappa shape index (κ1) is 41.3. The molecule has 3 aromatic carbocycles. The van der Waals surface area contributed by atoms with Crippen LogP contribution in [0.4, 0.5) is 0 Å². The van der Waals surface area contributed by atoms with Crippen molar-refractivity contribution in [1.29, 1.82) is 0 Å². The predicted octanol–water partition coefficient (Wildman–Crippen LogP) is 8.19. The number of aliphatic hydroxyl groups excluding tert-OH is 2. The number of carboxylic acids is 1. The first-order chi connectivity index (χ1) is 28.7. The van der Waals surface area contributed by atoms with Crippen molar-refractivity contribution in [1.82, 2.24) is 0 Å². The van der Waals surface area contributed by atoms with Crippen LogP contribution < -0.4 is 16.2 Å². The van der Waals surface area contributed by atoms with Gasteiger partial charge in [-0.3, -0.25) is 4.79 Å². The third-order valence-corrected chi connectivity index (χ3v) is 15.6. The highest BCUT2D eigenvalue weighted by Gasteiger charge is 2.54. The number of phenols is 1. The van der Waals surface area contributed by atoms with E-state index in [0.717, 1.165) is 99.5 Å². The Labute approximate surface area is 349 Å². The van der Waals surface area contributed by atoms with Gasteiger partial charge in [-0.1, -0.05) is 109 Å². The van der Waals surface area contributed by atoms with Crippen LogP contribution in [-0.4, -0.2) is 45.8 Å². The molecule has 9 rings (SSSR count). The van der Waals surface area contributed by atoms with Crippen molar-refractivity contribution >= 4 is 24.1 Å². The summed E-state index contributed by atoms with van der Waals surface area (Å²) in [6.45, 7) is 0.386. The second-order valence-corrected chi connectivity index (χ2v) is 18.8. The maximum atomic E-state index is 13.8. The average Bonchev–Trinajstić information content (AvgIpc) is 3.71. The summed E-state index contributed by atoms with van der Waals surface area (Å²) in [6.07, 6.45) is 21.0. The lowest BCUT2D eigenvalue weighted by atomic mass is 9.52. The van der Waals surface area contributed by atoms with Crippen LogP contribution in [0.15, 0.2) is 96.1 Å². The Morgan fingerprint density at radius 2 is 1.71 bits per heavy atom. The monoisotopic (exact) mass is 797 g/mol. The number of phenolic OH excluding ortho intramolecular Hbond substituents is 1. The molecule has 7 heteroatoms. The maximum absolute atomic E-state index is 13.8. The first-order valence-electron chi connectivity index (χ1n) is 22.4. The molecule has 312 valence electrons. The van der Waals surface area contributed by atoms with Gasteiger partial charge in [0, 0.05) is 33.8 Å². The van der Waals surface area contributed by atoms with E-state index in [9.17, 15) is 30.0 Å². The Bertz CT molecular complexity index is 2190. The van der Waals surface area contributed by atoms with E-state index in [4.69, 9.17) is 5.73 Å². The van der Waals surface area contributed by atoms with E-state index in [1.165, 1.54) is 28.6 Å². The number of carboxylic acid groups (broad SMARTS) is 1. The molecule has 0 aromatic heterocycles. The van der Waals surface area contributed by atoms with E-state index in [1.54, 1.807) is 0 Å². The van der Waals surface area contributed by atoms with Crippen LogP contribution in [0.2, 0.25) is 0 Å². The van der Waals surface area contributed by atoms with E-state index >= 15 is 0 Å². The zero-order chi connectivity index (χ0) is 41.1. The van der Waals surface area contributed by atoms with Crippen LogP contribution in [0, 0.1) is 41.4 Å². The number of benzene rings is 3. The number of nitrogens with two attached hydrogens (primary N) is 1. The van der Waals surface area contributed by atoms with Crippen molar-refractivity contribution in [2.45, 2.75) is 107 Å². The minimum absolute atomic E-state index is 0.0493. The summed E-state index contributed by atoms with van der Waals surface area (Å²) >= 11 is 0. The van der Waals surface area contributed by atoms with Gasteiger partial charge in [-0.25, -0.2) is 0 Å². The molecule has 6 aliphatic rings. The van der Waals surface area contributed by atoms with E-state index in [2.05, 4.69) is 54.6 Å². The normalized spacial score (nSPS) is 31.4. The number of aldehydes is 1. The Hall–Kier alpha value is -4.46. The minimum Gasteiger partial charge on any atom is -0.511 e. The molecule has 7 nitrogen and oxygen atoms in total. The lowest BCUT2D eigenvalue weighted by Crippen LogP contribution is -2.51. The number of aliphatic carboxylic acids is 1. The van der Waals surface area contributed by atoms with Gasteiger partial charge in [0.2, 0.25) is 0 Å². The minimum atomic E-state index is -0.899. The lowest BCUT2D eigenvalue weighted by Gasteiger charge is -2.51. The fourth-order valence-corrected chi connectivity index (χ4v) is 12.7. The molecule has 0 amide bonds. The lowest BCUT2D eigenvalue weighted by molar-refractivity contribution is -0.148. The average molecular weight is 798 g/mol. The number of allylic oxidation sites excluding steroid dienone is 2. The van der Waals surface area contributed by atoms with Crippen molar-refractivity contribution in [3.63, 3.8) is 0 Å². The number of aromatic hydroxyl groups is 1. The number of carbonyl (C=O) groups is 2. The number of aliphatic hydroxyl groups is 2. The quantitative estimate of drug-likeness (QED) is 0.0668. The van der Waals surface area contributed by atoms with Crippen molar-refractivity contribution in [3.8, 4) is 5.75 Å². The van der Waals surface area contributed by atoms with Gasteiger partial charge in [0.25, 0.3) is 0 Å². The smallest absolute Gasteiger partial charge is 0.308 e. The van der Waals surface area contributed by atoms with E-state index in [0.29, 0.717) is 31.1 Å². The summed E-state index contributed by atoms with van der Waals surface area (Å²) in [5.41, 5.74) is 10.8. The molecule has 0 aliphatic heterocycles. The van der Waals surface area contributed by atoms with Crippen LogP contribution in [0.5, 0.6) is 5.75 Å². The highest BCUT2D eigenvalue weighted by molar-refractivity contribution is 5.74. The molecule has 0 saturated heterocycles. The number of unbranched alkanes of at least 4 members (excludes halogenated alkanes) is 2. The molecule has 2 saturated carbocycles. The van der Waals surface area contributed by atoms with E-state index < -0.39 is 23.2 Å². The molecule has 0 radical (unpaired) electrons. The standard InChI is InChI=1S/C52H63NO6/c53-24-21-34-13-14-37(25-34)40(32-54)9-2-1-3-10-43-27-35-19-22-51(43,42-15-17-45(56)18-16-42)30-36-7-6-11-44(28-36)52(48(50(58)59)41(26-35)33-55)23-20-39-29-38-8-4-5-12-46(38)49(57)47(39)31-52/h4-8,11-12,15-18,25-26,28-29,32,37,39-41,43,47-48,55-57H,1-3,9-10,13-14,19-24,27,30-31,33,53H2,(H,58,59)/b35-26+/t37-,39+,40+,41-,43-,47+,48-,51-,52+/m0/s1. The molecule has 3 aromatic rings. The number of rotatable bonds is 13. The second-order valence-electron chi connectivity index (χ2n) is 18.8. The van der Waals surface area contributed by atoms with Crippen LogP contribution >= 0.6 is 0 Å². The van der Waals surface area contributed by atoms with Gasteiger partial charge in [-0.05, 0) is 135 Å². The van der Waals surface area contributed by atoms with Gasteiger partial charge in [0.15, 0.2) is 0 Å². The molecule has 0 heterocycles. The maximum Gasteiger partial charge on any atom is 0.308 e. The van der Waals surface area contributed by atoms with Crippen molar-refractivity contribution in [2.24, 2.45) is 47.2 Å². The molecule has 0 unspecified atom stereocenters. The number of carbonyl (C=O) groups excluding carboxylic acids is 1. The predicted molar refractivity (Wildman–Crippen MR) is 233 cm³/mol. The van der Waals surface area contributed by atoms with E-state index in [1.807, 2.05) is 36.4 Å². The Kier molecular flexibility index (Phi) is 12.3. The summed E-state index contributed by atoms with van der Waals surface area (Å²) in [4.78, 5) is 26.0. The zero-order valence-electron chi connectivity index (χ0n) is 34.5. The highest BCUT2D eigenvalue weighted by atomic mass is 16.4. The van der Waals surface area contributed by atoms with Crippen molar-refractivity contribution < 1.29 is 30.0 Å². The van der Waals surface area contributed by atoms with Gasteiger partial charge in [0.05, 0.1) is 12.5 Å². The zero-order valence-corrected chi connectivity index (χ0v) is 34.5. The van der Waals surface area contributed by atoms with Crippen LogP contribution in [-0.2, 0) is 26.8 Å². The summed E-state index contributed by atoms with van der Waals surface area (Å²) in [5, 5.41) is 46.7. The molecule has 59 heavy (non-hydrogen) atoms. The topological polar surface area (TPSA) is 141 Å². The van der Waals surface area contributed by atoms with Gasteiger partial charge < -0.3 is 31.0 Å². The van der Waals surface area contributed by atoms with Crippen LogP contribution in [0.25, 0.3) is 11.8 Å². The first-order valence-corrected chi connectivity index (χ1v) is 22.4. The summed E-state index contributed by atoms with van der Waals surface area (Å²) in [7, 11) is 0. The molecule has 6 N–H and O–H groups in total. The van der Waals surface area contributed by atoms with Crippen molar-refractivity contribution in [2.75, 3.05) is 13.2 Å². The fourth-order valence-electron chi connectivity index (χ4n) is 12.7. The summed E-state index contributed by atoms with van der Waals surface area (Å²) < 4.78 is 0. The summed E-state index contributed by atoms with van der Waals surface area (Å²) in [6, 6.07) is 24.4. The molecule has 6 aliphatic carbocycles. The van der Waals surface area contributed by atoms with Gasteiger partial charge >= 0.3 is 5.97 Å². The van der Waals surface area contributed by atoms with Gasteiger partial charge in [-0.2, -0.15) is 0 Å². The Morgan fingerprint density at radius 3 is 2.49 bits per heavy atom. The number of fused-ring (bicyclic) bond motifs is 6. The number of hydrogen-bond donors (Lipinski definition) is 5. The summed E-state index contributed by atoms with van der Waals surface area (Å²) in [5.74, 6) is -1.28. The third-order valence-electron chi connectivity index (χ3n) is 15.6. The molecule has 4 bridgehead atoms. The molecular weight excluding hydrogens is 735 g/mol. The van der Waals surface area contributed by atoms with Gasteiger partial charge in [-0.15, -0.1) is 0 Å². The molecule has 9 atom stereocenters. The highest BCUT2D eigenvalue weighted by Crippen LogP contribution is 2.56. The SMILES string of the molecule is NCCC1=C[C@@H]([C@@H](C=O)CCCCC[C@H]2C/C3=C/[C@@H](CO)[C@@H](C(=O)O)[C@@]4(CC[C@@H]5C=c6ccccc6=C(O)[C@@H]5C4)c4cccc(c4)C[C@]2(c2ccc(O)cc2)CC3)CC1. The van der Waals surface area contributed by atoms with Crippen LogP contribution in [0.3, 0.4) is 0 Å². The number of hydrogen-bond acceptors (Lipinski definition) is 6. The Morgan fingerprint density at radius 1 is 0.881 bits per heavy atom. The Balaban J connectivity index is 1.14. The molecular formula is C52H63NO6. The molecule has 1 spiro atoms. The van der Waals surface area contributed by atoms with Crippen molar-refractivity contribution in [3.05, 3.63) is 123 Å². The second kappa shape index (κ2) is 17.6. The van der Waals surface area contributed by atoms with E-state index in [-0.39, 0.29) is 41.4 Å². The fraction of sp³-hybridized carbons (Fsp3) is 0.500. The third kappa shape index (κ3) is 8.10. The van der Waals surface area contributed by atoms with Gasteiger partial charge in [0.1, 0.15) is 17.8 Å². The molecule has 2 fully saturated rings. The largest absolute Gasteiger partial charge is 0.511 e.